The van der Waals surface area contributed by atoms with Crippen LogP contribution in [0.1, 0.15) is 16.7 Å². The van der Waals surface area contributed by atoms with Gasteiger partial charge in [-0.25, -0.2) is 0 Å². The van der Waals surface area contributed by atoms with E-state index < -0.39 is 0 Å². The lowest BCUT2D eigenvalue weighted by Gasteiger charge is -2.08. The maximum Gasteiger partial charge on any atom is 0.0497 e. The van der Waals surface area contributed by atoms with Gasteiger partial charge in [0.15, 0.2) is 0 Å². The first-order valence-electron chi connectivity index (χ1n) is 7.75. The Labute approximate surface area is 130 Å². The molecule has 1 heterocycles. The molecule has 1 nitrogen and oxygen atoms in total. The number of benzene rings is 3. The summed E-state index contributed by atoms with van der Waals surface area (Å²) in [7, 11) is 0. The fraction of sp³-hybridized carbons (Fsp3) is 0.143. The molecule has 108 valence electrons. The summed E-state index contributed by atoms with van der Waals surface area (Å²) in [6.45, 7) is 5.23. The van der Waals surface area contributed by atoms with Crippen LogP contribution in [-0.4, -0.2) is 4.57 Å². The molecule has 0 unspecified atom stereocenters. The van der Waals surface area contributed by atoms with Crippen molar-refractivity contribution in [2.45, 2.75) is 20.4 Å². The number of rotatable bonds is 2. The Balaban J connectivity index is 2.04. The molecular weight excluding hydrogens is 266 g/mol. The topological polar surface area (TPSA) is 4.93 Å². The van der Waals surface area contributed by atoms with Gasteiger partial charge in [-0.2, -0.15) is 0 Å². The molecule has 0 aliphatic carbocycles. The summed E-state index contributed by atoms with van der Waals surface area (Å²) in [5, 5.41) is 2.69. The Morgan fingerprint density at radius 2 is 1.23 bits per heavy atom. The quantitative estimate of drug-likeness (QED) is 0.461. The molecule has 0 amide bonds. The van der Waals surface area contributed by atoms with E-state index in [0.717, 1.165) is 6.54 Å². The summed E-state index contributed by atoms with van der Waals surface area (Å²) in [5.74, 6) is 0. The second-order valence-corrected chi connectivity index (χ2v) is 6.11. The van der Waals surface area contributed by atoms with Crippen LogP contribution in [0.15, 0.2) is 66.7 Å². The molecule has 22 heavy (non-hydrogen) atoms. The third-order valence-electron chi connectivity index (χ3n) is 4.36. The number of nitrogens with zero attached hydrogens (tertiary/aromatic N) is 1. The normalized spacial score (nSPS) is 11.4. The van der Waals surface area contributed by atoms with Crippen molar-refractivity contribution in [3.8, 4) is 0 Å². The van der Waals surface area contributed by atoms with Gasteiger partial charge in [0.05, 0.1) is 0 Å². The molecule has 3 aromatic carbocycles. The van der Waals surface area contributed by atoms with E-state index >= 15 is 0 Å². The van der Waals surface area contributed by atoms with Gasteiger partial charge in [-0.3, -0.25) is 0 Å². The number of hydrogen-bond donors (Lipinski definition) is 0. The van der Waals surface area contributed by atoms with Crippen molar-refractivity contribution in [2.75, 3.05) is 0 Å². The van der Waals surface area contributed by atoms with Crippen LogP contribution in [-0.2, 0) is 6.54 Å². The van der Waals surface area contributed by atoms with E-state index in [1.165, 1.54) is 38.5 Å². The Bertz CT molecular complexity index is 902. The van der Waals surface area contributed by atoms with Gasteiger partial charge in [-0.05, 0) is 42.7 Å². The molecule has 4 rings (SSSR count). The van der Waals surface area contributed by atoms with Gasteiger partial charge in [0.25, 0.3) is 0 Å². The number of fused-ring (bicyclic) bond motifs is 3. The molecule has 0 N–H and O–H groups in total. The fourth-order valence-electron chi connectivity index (χ4n) is 3.25. The van der Waals surface area contributed by atoms with Gasteiger partial charge in [-0.1, -0.05) is 54.6 Å². The summed E-state index contributed by atoms with van der Waals surface area (Å²) >= 11 is 0. The monoisotopic (exact) mass is 285 g/mol. The molecule has 0 fully saturated rings. The molecule has 0 bridgehead atoms. The standard InChI is InChI=1S/C21H19N/c1-15-8-10-18-19-11-9-16(2)13-21(19)22(20(18)12-15)14-17-6-4-3-5-7-17/h3-13H,14H2,1-2H3. The zero-order valence-corrected chi connectivity index (χ0v) is 13.0. The lowest BCUT2D eigenvalue weighted by atomic mass is 10.1. The van der Waals surface area contributed by atoms with Crippen LogP contribution in [0, 0.1) is 13.8 Å². The highest BCUT2D eigenvalue weighted by Gasteiger charge is 2.11. The maximum absolute atomic E-state index is 2.44. The summed E-state index contributed by atoms with van der Waals surface area (Å²) in [6.07, 6.45) is 0. The first-order valence-corrected chi connectivity index (χ1v) is 7.75. The van der Waals surface area contributed by atoms with E-state index in [-0.39, 0.29) is 0 Å². The molecule has 0 saturated heterocycles. The van der Waals surface area contributed by atoms with E-state index in [1.807, 2.05) is 0 Å². The van der Waals surface area contributed by atoms with Crippen LogP contribution in [0.4, 0.5) is 0 Å². The van der Waals surface area contributed by atoms with Crippen LogP contribution in [0.2, 0.25) is 0 Å². The van der Waals surface area contributed by atoms with E-state index in [0.29, 0.717) is 0 Å². The van der Waals surface area contributed by atoms with Gasteiger partial charge >= 0.3 is 0 Å². The van der Waals surface area contributed by atoms with E-state index in [4.69, 9.17) is 0 Å². The molecule has 4 aromatic rings. The van der Waals surface area contributed by atoms with Gasteiger partial charge in [0, 0.05) is 28.4 Å². The molecule has 0 spiro atoms. The van der Waals surface area contributed by atoms with Crippen LogP contribution in [0.3, 0.4) is 0 Å². The minimum atomic E-state index is 0.910. The van der Waals surface area contributed by atoms with Gasteiger partial charge < -0.3 is 4.57 Å². The number of aryl methyl sites for hydroxylation is 2. The fourth-order valence-corrected chi connectivity index (χ4v) is 3.25. The smallest absolute Gasteiger partial charge is 0.0497 e. The van der Waals surface area contributed by atoms with Crippen LogP contribution < -0.4 is 0 Å². The van der Waals surface area contributed by atoms with Crippen LogP contribution in [0.25, 0.3) is 21.8 Å². The molecule has 0 radical (unpaired) electrons. The zero-order chi connectivity index (χ0) is 15.1. The summed E-state index contributed by atoms with van der Waals surface area (Å²) in [4.78, 5) is 0. The molecule has 1 heteroatoms. The number of hydrogen-bond acceptors (Lipinski definition) is 0. The SMILES string of the molecule is Cc1ccc2c3ccc(C)cc3n(Cc3ccccc3)c2c1. The first kappa shape index (κ1) is 13.1. The minimum Gasteiger partial charge on any atom is -0.336 e. The molecule has 0 aliphatic rings. The maximum atomic E-state index is 2.44. The predicted octanol–water partition coefficient (Wildman–Crippen LogP) is 5.46. The third kappa shape index (κ3) is 2.10. The Hall–Kier alpha value is -2.54. The molecule has 0 saturated carbocycles. The highest BCUT2D eigenvalue weighted by molar-refractivity contribution is 6.08. The van der Waals surface area contributed by atoms with Crippen molar-refractivity contribution in [2.24, 2.45) is 0 Å². The molecule has 0 atom stereocenters. The molecule has 0 aliphatic heterocycles. The first-order chi connectivity index (χ1) is 10.7. The van der Waals surface area contributed by atoms with E-state index in [2.05, 4.69) is 85.1 Å². The lowest BCUT2D eigenvalue weighted by molar-refractivity contribution is 0.868. The zero-order valence-electron chi connectivity index (χ0n) is 13.0. The lowest BCUT2D eigenvalue weighted by Crippen LogP contribution is -1.99. The van der Waals surface area contributed by atoms with Crippen molar-refractivity contribution in [1.82, 2.24) is 4.57 Å². The second kappa shape index (κ2) is 5.03. The van der Waals surface area contributed by atoms with Crippen molar-refractivity contribution >= 4 is 21.8 Å². The average Bonchev–Trinajstić information content (AvgIpc) is 2.81. The van der Waals surface area contributed by atoms with Crippen LogP contribution in [0.5, 0.6) is 0 Å². The highest BCUT2D eigenvalue weighted by atomic mass is 15.0. The van der Waals surface area contributed by atoms with Gasteiger partial charge in [-0.15, -0.1) is 0 Å². The summed E-state index contributed by atoms with van der Waals surface area (Å²) < 4.78 is 2.44. The van der Waals surface area contributed by atoms with Crippen molar-refractivity contribution in [1.29, 1.82) is 0 Å². The van der Waals surface area contributed by atoms with Crippen molar-refractivity contribution in [3.63, 3.8) is 0 Å². The van der Waals surface area contributed by atoms with E-state index in [1.54, 1.807) is 0 Å². The average molecular weight is 285 g/mol. The van der Waals surface area contributed by atoms with Gasteiger partial charge in [0.2, 0.25) is 0 Å². The largest absolute Gasteiger partial charge is 0.336 e. The Kier molecular flexibility index (Phi) is 3.00. The Morgan fingerprint density at radius 3 is 1.77 bits per heavy atom. The van der Waals surface area contributed by atoms with Crippen LogP contribution >= 0.6 is 0 Å². The third-order valence-corrected chi connectivity index (χ3v) is 4.36. The minimum absolute atomic E-state index is 0.910. The Morgan fingerprint density at radius 1 is 0.682 bits per heavy atom. The molecular formula is C21H19N. The number of aromatic nitrogens is 1. The highest BCUT2D eigenvalue weighted by Crippen LogP contribution is 2.31. The second-order valence-electron chi connectivity index (χ2n) is 6.11. The van der Waals surface area contributed by atoms with Gasteiger partial charge in [0.1, 0.15) is 0 Å². The summed E-state index contributed by atoms with van der Waals surface area (Å²) in [6, 6.07) is 24.2. The van der Waals surface area contributed by atoms with E-state index in [9.17, 15) is 0 Å². The van der Waals surface area contributed by atoms with Crippen molar-refractivity contribution in [3.05, 3.63) is 83.4 Å². The predicted molar refractivity (Wildman–Crippen MR) is 94.5 cm³/mol. The van der Waals surface area contributed by atoms with Crippen molar-refractivity contribution < 1.29 is 0 Å². The summed E-state index contributed by atoms with van der Waals surface area (Å²) in [5.41, 5.74) is 6.60. The molecule has 1 aromatic heterocycles.